The van der Waals surface area contributed by atoms with Gasteiger partial charge in [0.1, 0.15) is 13.2 Å². The highest BCUT2D eigenvalue weighted by molar-refractivity contribution is 6.87. The van der Waals surface area contributed by atoms with Gasteiger partial charge >= 0.3 is 20.6 Å². The van der Waals surface area contributed by atoms with E-state index in [2.05, 4.69) is 54.6 Å². The van der Waals surface area contributed by atoms with Gasteiger partial charge in [-0.3, -0.25) is 4.79 Å². The van der Waals surface area contributed by atoms with Crippen molar-refractivity contribution < 1.29 is 46.4 Å². The van der Waals surface area contributed by atoms with Crippen LogP contribution < -0.4 is 5.32 Å². The molecule has 0 rings (SSSR count). The fourth-order valence-corrected chi connectivity index (χ4v) is 19.3. The number of unbranched alkanes of at least 4 members (excludes halogenated alkanes) is 7. The third-order valence-corrected chi connectivity index (χ3v) is 18.8. The number of aliphatic imine (C=N–C) groups is 2. The van der Waals surface area contributed by atoms with Gasteiger partial charge in [-0.2, -0.15) is 0 Å². The molecule has 0 fully saturated rings. The maximum absolute atomic E-state index is 11.9. The third kappa shape index (κ3) is 32.9. The Bertz CT molecular complexity index is 902. The van der Waals surface area contributed by atoms with Crippen LogP contribution in [0.1, 0.15) is 77.0 Å². The highest BCUT2D eigenvalue weighted by Crippen LogP contribution is 2.26. The molecule has 0 aliphatic heterocycles. The Hall–Kier alpha value is -2.01. The molecule has 16 heteroatoms. The number of amides is 1. The fraction of sp³-hybridized carbons (Fsp3) is 0.879. The summed E-state index contributed by atoms with van der Waals surface area (Å²) >= 11 is 0. The predicted octanol–water partition coefficient (Wildman–Crippen LogP) is 6.79. The Morgan fingerprint density at radius 3 is 1.57 bits per heavy atom. The van der Waals surface area contributed by atoms with Gasteiger partial charge in [-0.25, -0.2) is 24.4 Å². The van der Waals surface area contributed by atoms with Crippen molar-refractivity contribution in [2.75, 3.05) is 59.3 Å². The minimum atomic E-state index is -2.33. The molecule has 0 aliphatic carbocycles. The normalized spacial score (nSPS) is 11.8. The van der Waals surface area contributed by atoms with Gasteiger partial charge in [-0.1, -0.05) is 32.1 Å². The van der Waals surface area contributed by atoms with Crippen molar-refractivity contribution in [3.05, 3.63) is 0 Å². The summed E-state index contributed by atoms with van der Waals surface area (Å²) in [4.78, 5) is 50.7. The zero-order valence-corrected chi connectivity index (χ0v) is 34.2. The van der Waals surface area contributed by atoms with Crippen LogP contribution >= 0.6 is 0 Å². The van der Waals surface area contributed by atoms with Crippen LogP contribution in [0.15, 0.2) is 9.98 Å². The van der Waals surface area contributed by atoms with Crippen LogP contribution in [-0.2, 0) is 41.6 Å². The first kappa shape index (κ1) is 47.0. The topological polar surface area (TPSA) is 160 Å². The van der Waals surface area contributed by atoms with E-state index >= 15 is 0 Å². The van der Waals surface area contributed by atoms with E-state index < -0.39 is 31.3 Å². The Kier molecular flexibility index (Phi) is 28.5. The van der Waals surface area contributed by atoms with Crippen molar-refractivity contribution in [1.29, 1.82) is 0 Å². The largest absolute Gasteiger partial charge is 0.463 e. The van der Waals surface area contributed by atoms with E-state index in [9.17, 15) is 19.2 Å². The summed E-state index contributed by atoms with van der Waals surface area (Å²) in [5.41, 5.74) is 0. The molecule has 0 heterocycles. The Morgan fingerprint density at radius 1 is 0.571 bits per heavy atom. The summed E-state index contributed by atoms with van der Waals surface area (Å²) in [6.45, 7) is 17.2. The second kappa shape index (κ2) is 29.7. The number of isocyanates is 2. The Labute approximate surface area is 298 Å². The minimum Gasteiger partial charge on any atom is -0.463 e. The van der Waals surface area contributed by atoms with Crippen molar-refractivity contribution >= 4 is 49.4 Å². The fourth-order valence-electron chi connectivity index (χ4n) is 5.33. The van der Waals surface area contributed by atoms with Crippen LogP contribution in [0.3, 0.4) is 0 Å². The Morgan fingerprint density at radius 2 is 1.04 bits per heavy atom. The number of rotatable bonds is 33. The van der Waals surface area contributed by atoms with Crippen LogP contribution in [0, 0.1) is 0 Å². The maximum Gasteiger partial charge on any atom is 0.407 e. The lowest BCUT2D eigenvalue weighted by Crippen LogP contribution is -2.52. The molecule has 0 aliphatic rings. The second-order valence-corrected chi connectivity index (χ2v) is 26.2. The molecule has 0 bridgehead atoms. The quantitative estimate of drug-likeness (QED) is 0.0249. The van der Waals surface area contributed by atoms with Gasteiger partial charge in [0.25, 0.3) is 0 Å². The van der Waals surface area contributed by atoms with Crippen molar-refractivity contribution in [2.24, 2.45) is 9.98 Å². The molecule has 0 unspecified atom stereocenters. The zero-order chi connectivity index (χ0) is 36.7. The predicted molar refractivity (Wildman–Crippen MR) is 198 cm³/mol. The average molecular weight is 748 g/mol. The van der Waals surface area contributed by atoms with E-state index in [1.54, 1.807) is 6.08 Å². The molecule has 0 spiro atoms. The number of hydrogen-bond acceptors (Lipinski definition) is 12. The van der Waals surface area contributed by atoms with E-state index in [0.29, 0.717) is 52.5 Å². The highest BCUT2D eigenvalue weighted by Gasteiger charge is 2.39. The Balaban J connectivity index is 3.92. The molecule has 0 saturated heterocycles. The number of nitrogens with zero attached hydrogens (tertiary/aromatic N) is 2. The van der Waals surface area contributed by atoms with Gasteiger partial charge in [-0.05, 0) is 89.9 Å². The molecule has 0 aromatic carbocycles. The van der Waals surface area contributed by atoms with E-state index in [-0.39, 0.29) is 19.2 Å². The molecular weight excluding hydrogens is 683 g/mol. The first-order chi connectivity index (χ1) is 23.3. The summed E-state index contributed by atoms with van der Waals surface area (Å²) in [5.74, 6) is -0.187. The number of ether oxygens (including phenoxy) is 4. The van der Waals surface area contributed by atoms with Gasteiger partial charge in [0.2, 0.25) is 12.2 Å². The van der Waals surface area contributed by atoms with E-state index in [4.69, 9.17) is 27.2 Å². The SMILES string of the molecule is C[Si](C)(CCCOCCOC(=O)CCCCCCCN=C=O)O[Si](C)(C)O[Si](C)(C)CCCOCCOC(=O)NCCCCCCN=C=O. The minimum absolute atomic E-state index is 0.187. The van der Waals surface area contributed by atoms with E-state index in [1.165, 1.54) is 6.08 Å². The van der Waals surface area contributed by atoms with Gasteiger partial charge < -0.3 is 32.5 Å². The molecule has 0 radical (unpaired) electrons. The van der Waals surface area contributed by atoms with Gasteiger partial charge in [0.15, 0.2) is 16.6 Å². The molecule has 13 nitrogen and oxygen atoms in total. The number of carbonyl (C=O) groups excluding carboxylic acids is 4. The molecule has 49 heavy (non-hydrogen) atoms. The van der Waals surface area contributed by atoms with Gasteiger partial charge in [-0.15, -0.1) is 0 Å². The number of nitrogens with one attached hydrogen (secondary N) is 1. The van der Waals surface area contributed by atoms with Crippen molar-refractivity contribution in [3.63, 3.8) is 0 Å². The third-order valence-electron chi connectivity index (χ3n) is 7.38. The second-order valence-electron chi connectivity index (χ2n) is 13.7. The summed E-state index contributed by atoms with van der Waals surface area (Å²) in [5, 5.41) is 2.73. The van der Waals surface area contributed by atoms with Crippen molar-refractivity contribution in [3.8, 4) is 0 Å². The summed E-state index contributed by atoms with van der Waals surface area (Å²) < 4.78 is 35.2. The highest BCUT2D eigenvalue weighted by atomic mass is 28.5. The molecule has 284 valence electrons. The summed E-state index contributed by atoms with van der Waals surface area (Å²) in [6, 6.07) is 1.92. The lowest BCUT2D eigenvalue weighted by Gasteiger charge is -2.38. The summed E-state index contributed by atoms with van der Waals surface area (Å²) in [7, 11) is -6.24. The first-order valence-corrected chi connectivity index (χ1v) is 27.1. The molecule has 0 aromatic rings. The van der Waals surface area contributed by atoms with Crippen LogP contribution in [-0.4, -0.2) is 109 Å². The van der Waals surface area contributed by atoms with E-state index in [0.717, 1.165) is 82.7 Å². The van der Waals surface area contributed by atoms with Crippen LogP contribution in [0.25, 0.3) is 0 Å². The number of hydrogen-bond donors (Lipinski definition) is 1. The van der Waals surface area contributed by atoms with Crippen LogP contribution in [0.5, 0.6) is 0 Å². The molecule has 0 aromatic heterocycles. The lowest BCUT2D eigenvalue weighted by molar-refractivity contribution is -0.145. The standard InChI is InChI=1S/C33H65N3O10Si3/c1-47(2,28-16-22-41-24-26-43-32(39)18-12-8-7-9-13-19-34-30-37)45-49(5,6)46-48(3,4)29-17-23-42-25-27-44-33(40)36-21-15-11-10-14-20-35-31-38/h7-29H2,1-6H3,(H,36,40). The van der Waals surface area contributed by atoms with Crippen molar-refractivity contribution in [2.45, 2.75) is 128 Å². The zero-order valence-electron chi connectivity index (χ0n) is 31.2. The monoisotopic (exact) mass is 747 g/mol. The maximum atomic E-state index is 11.9. The molecule has 1 amide bonds. The average Bonchev–Trinajstić information content (AvgIpc) is 3.01. The first-order valence-electron chi connectivity index (χ1n) is 18.0. The van der Waals surface area contributed by atoms with Crippen LogP contribution in [0.2, 0.25) is 51.4 Å². The van der Waals surface area contributed by atoms with E-state index in [1.807, 2.05) is 0 Å². The molecule has 0 atom stereocenters. The molecule has 1 N–H and O–H groups in total. The van der Waals surface area contributed by atoms with Gasteiger partial charge in [0, 0.05) is 26.2 Å². The van der Waals surface area contributed by atoms with Gasteiger partial charge in [0.05, 0.1) is 26.3 Å². The smallest absolute Gasteiger partial charge is 0.407 e. The molecular formula is C33H65N3O10Si3. The molecule has 0 saturated carbocycles. The number of esters is 1. The summed E-state index contributed by atoms with van der Waals surface area (Å²) in [6.07, 6.45) is 13.1. The number of carbonyl (C=O) groups is 2. The van der Waals surface area contributed by atoms with Crippen LogP contribution in [0.4, 0.5) is 4.79 Å². The number of alkyl carbamates (subject to hydrolysis) is 1. The lowest BCUT2D eigenvalue weighted by atomic mass is 10.1. The van der Waals surface area contributed by atoms with Crippen molar-refractivity contribution in [1.82, 2.24) is 5.32 Å².